The van der Waals surface area contributed by atoms with E-state index in [-0.39, 0.29) is 12.3 Å². The van der Waals surface area contributed by atoms with Crippen LogP contribution in [-0.4, -0.2) is 0 Å². The molecule has 0 saturated heterocycles. The molecular formula is C39H31N3S. The normalized spacial score (nSPS) is 13.3. The van der Waals surface area contributed by atoms with Crippen LogP contribution in [0.1, 0.15) is 29.0 Å². The predicted octanol–water partition coefficient (Wildman–Crippen LogP) is 9.55. The van der Waals surface area contributed by atoms with Gasteiger partial charge >= 0.3 is 0 Å². The van der Waals surface area contributed by atoms with Crippen molar-refractivity contribution in [2.45, 2.75) is 18.9 Å². The lowest BCUT2D eigenvalue weighted by Crippen LogP contribution is -2.39. The van der Waals surface area contributed by atoms with Crippen LogP contribution in [0.15, 0.2) is 140 Å². The van der Waals surface area contributed by atoms with Gasteiger partial charge < -0.3 is 5.73 Å². The fourth-order valence-corrected chi connectivity index (χ4v) is 7.59. The van der Waals surface area contributed by atoms with Crippen LogP contribution in [0.25, 0.3) is 52.5 Å². The Hall–Kier alpha value is -4.58. The fraction of sp³-hybridized carbons (Fsp3) is 0.0769. The summed E-state index contributed by atoms with van der Waals surface area (Å²) >= 11 is 1.84. The molecule has 4 heteroatoms. The molecule has 1 aromatic heterocycles. The molecule has 0 spiro atoms. The standard InChI is InChI=1S/C39H31N3S/c40-38(26-11-2-1-3-12-26)42-39(28-19-21-33-32-16-8-9-17-36(32)43-37(33)23-28)41-24-35-30-15-7-5-13-27(30)22-34-29-14-6-4-10-25(29)18-20-31(34)35/h1-23,38-39,41-42H,24,40H2. The maximum absolute atomic E-state index is 6.77. The Bertz CT molecular complexity index is 2250. The second-order valence-corrected chi connectivity index (χ2v) is 12.3. The van der Waals surface area contributed by atoms with E-state index in [1.54, 1.807) is 0 Å². The minimum absolute atomic E-state index is 0.167. The molecule has 4 N–H and O–H groups in total. The van der Waals surface area contributed by atoms with Crippen molar-refractivity contribution in [3.8, 4) is 0 Å². The maximum atomic E-state index is 6.77. The molecule has 0 aliphatic carbocycles. The third-order valence-electron chi connectivity index (χ3n) is 8.61. The molecule has 8 rings (SSSR count). The van der Waals surface area contributed by atoms with E-state index in [9.17, 15) is 0 Å². The highest BCUT2D eigenvalue weighted by atomic mass is 32.1. The summed E-state index contributed by atoms with van der Waals surface area (Å²) in [6.07, 6.45) is -0.496. The lowest BCUT2D eigenvalue weighted by Gasteiger charge is -2.26. The van der Waals surface area contributed by atoms with E-state index in [4.69, 9.17) is 5.73 Å². The quantitative estimate of drug-likeness (QED) is 0.101. The first-order chi connectivity index (χ1) is 21.2. The van der Waals surface area contributed by atoms with E-state index in [0.29, 0.717) is 6.54 Å². The minimum atomic E-state index is -0.329. The van der Waals surface area contributed by atoms with Crippen LogP contribution < -0.4 is 16.4 Å². The van der Waals surface area contributed by atoms with Gasteiger partial charge in [0.1, 0.15) is 0 Å². The third-order valence-corrected chi connectivity index (χ3v) is 9.74. The average Bonchev–Trinajstić information content (AvgIpc) is 3.44. The first-order valence-corrected chi connectivity index (χ1v) is 15.6. The van der Waals surface area contributed by atoms with Gasteiger partial charge in [0, 0.05) is 26.7 Å². The van der Waals surface area contributed by atoms with E-state index in [2.05, 4.69) is 132 Å². The van der Waals surface area contributed by atoms with Gasteiger partial charge in [-0.15, -0.1) is 11.3 Å². The van der Waals surface area contributed by atoms with Gasteiger partial charge in [-0.25, -0.2) is 0 Å². The molecule has 0 fully saturated rings. The van der Waals surface area contributed by atoms with E-state index in [0.717, 1.165) is 5.56 Å². The summed E-state index contributed by atoms with van der Waals surface area (Å²) < 4.78 is 2.59. The van der Waals surface area contributed by atoms with Gasteiger partial charge in [0.15, 0.2) is 0 Å². The number of fused-ring (bicyclic) bond motifs is 7. The molecule has 43 heavy (non-hydrogen) atoms. The number of thiophene rings is 1. The molecular weight excluding hydrogens is 543 g/mol. The summed E-state index contributed by atoms with van der Waals surface area (Å²) in [5, 5.41) is 17.8. The summed E-state index contributed by atoms with van der Waals surface area (Å²) in [6.45, 7) is 0.680. The van der Waals surface area contributed by atoms with Crippen molar-refractivity contribution in [2.24, 2.45) is 5.73 Å². The highest BCUT2D eigenvalue weighted by molar-refractivity contribution is 7.25. The van der Waals surface area contributed by atoms with Crippen LogP contribution in [0.5, 0.6) is 0 Å². The summed E-state index contributed by atoms with van der Waals surface area (Å²) in [7, 11) is 0. The Kier molecular flexibility index (Phi) is 6.62. The van der Waals surface area contributed by atoms with Crippen molar-refractivity contribution in [1.29, 1.82) is 0 Å². The van der Waals surface area contributed by atoms with Crippen molar-refractivity contribution < 1.29 is 0 Å². The molecule has 2 unspecified atom stereocenters. The molecule has 1 heterocycles. The van der Waals surface area contributed by atoms with E-state index in [1.807, 2.05) is 29.5 Å². The zero-order valence-electron chi connectivity index (χ0n) is 23.6. The van der Waals surface area contributed by atoms with Gasteiger partial charge in [-0.05, 0) is 67.2 Å². The lowest BCUT2D eigenvalue weighted by molar-refractivity contribution is 0.387. The van der Waals surface area contributed by atoms with Gasteiger partial charge in [-0.2, -0.15) is 0 Å². The molecule has 0 aliphatic heterocycles. The van der Waals surface area contributed by atoms with Gasteiger partial charge in [0.05, 0.1) is 12.3 Å². The maximum Gasteiger partial charge on any atom is 0.0853 e. The number of benzene rings is 7. The number of nitrogens with two attached hydrogens (primary N) is 1. The Morgan fingerprint density at radius 2 is 1.19 bits per heavy atom. The van der Waals surface area contributed by atoms with Crippen LogP contribution in [-0.2, 0) is 6.54 Å². The molecule has 3 nitrogen and oxygen atoms in total. The van der Waals surface area contributed by atoms with Crippen LogP contribution in [0.3, 0.4) is 0 Å². The Morgan fingerprint density at radius 3 is 2.05 bits per heavy atom. The summed E-state index contributed by atoms with van der Waals surface area (Å²) in [5.41, 5.74) is 10.3. The molecule has 0 bridgehead atoms. The molecule has 0 saturated carbocycles. The van der Waals surface area contributed by atoms with Crippen LogP contribution >= 0.6 is 11.3 Å². The van der Waals surface area contributed by atoms with Crippen molar-refractivity contribution in [1.82, 2.24) is 10.6 Å². The largest absolute Gasteiger partial charge is 0.312 e. The number of rotatable bonds is 7. The molecule has 8 aromatic rings. The van der Waals surface area contributed by atoms with Gasteiger partial charge in [-0.3, -0.25) is 10.6 Å². The monoisotopic (exact) mass is 573 g/mol. The number of hydrogen-bond donors (Lipinski definition) is 3. The zero-order chi connectivity index (χ0) is 28.8. The second-order valence-electron chi connectivity index (χ2n) is 11.2. The summed E-state index contributed by atoms with van der Waals surface area (Å²) in [6, 6.07) is 49.9. The Morgan fingerprint density at radius 1 is 0.512 bits per heavy atom. The molecule has 0 radical (unpaired) electrons. The van der Waals surface area contributed by atoms with Crippen LogP contribution in [0.4, 0.5) is 0 Å². The highest BCUT2D eigenvalue weighted by Gasteiger charge is 2.19. The molecule has 0 amide bonds. The van der Waals surface area contributed by atoms with E-state index >= 15 is 0 Å². The first kappa shape index (κ1) is 26.1. The average molecular weight is 574 g/mol. The topological polar surface area (TPSA) is 50.1 Å². The third kappa shape index (κ3) is 4.75. The van der Waals surface area contributed by atoms with E-state index in [1.165, 1.54) is 63.6 Å². The smallest absolute Gasteiger partial charge is 0.0853 e. The van der Waals surface area contributed by atoms with Crippen LogP contribution in [0.2, 0.25) is 0 Å². The summed E-state index contributed by atoms with van der Waals surface area (Å²) in [5.74, 6) is 0. The van der Waals surface area contributed by atoms with Crippen molar-refractivity contribution in [3.63, 3.8) is 0 Å². The fourth-order valence-electron chi connectivity index (χ4n) is 6.44. The molecule has 208 valence electrons. The number of nitrogens with one attached hydrogen (secondary N) is 2. The SMILES string of the molecule is NC(NC(NCc1c2ccccc2cc2c1ccc1ccccc12)c1ccc2c(c1)sc1ccccc12)c1ccccc1. The second kappa shape index (κ2) is 10.9. The van der Waals surface area contributed by atoms with Crippen molar-refractivity contribution in [2.75, 3.05) is 0 Å². The Labute approximate surface area is 254 Å². The van der Waals surface area contributed by atoms with Gasteiger partial charge in [0.25, 0.3) is 0 Å². The minimum Gasteiger partial charge on any atom is -0.312 e. The van der Waals surface area contributed by atoms with E-state index < -0.39 is 0 Å². The predicted molar refractivity (Wildman–Crippen MR) is 184 cm³/mol. The highest BCUT2D eigenvalue weighted by Crippen LogP contribution is 2.36. The Balaban J connectivity index is 1.23. The van der Waals surface area contributed by atoms with Crippen molar-refractivity contribution in [3.05, 3.63) is 156 Å². The molecule has 2 atom stereocenters. The number of hydrogen-bond acceptors (Lipinski definition) is 4. The van der Waals surface area contributed by atoms with Gasteiger partial charge in [0.2, 0.25) is 0 Å². The van der Waals surface area contributed by atoms with Gasteiger partial charge in [-0.1, -0.05) is 121 Å². The molecule has 0 aliphatic rings. The molecule has 7 aromatic carbocycles. The first-order valence-electron chi connectivity index (χ1n) is 14.8. The summed E-state index contributed by atoms with van der Waals surface area (Å²) in [4.78, 5) is 0. The van der Waals surface area contributed by atoms with Crippen molar-refractivity contribution >= 4 is 63.8 Å². The zero-order valence-corrected chi connectivity index (χ0v) is 24.4. The van der Waals surface area contributed by atoms with Crippen LogP contribution in [0, 0.1) is 0 Å². The lowest BCUT2D eigenvalue weighted by atomic mass is 9.93.